The zero-order valence-corrected chi connectivity index (χ0v) is 14.3. The van der Waals surface area contributed by atoms with Gasteiger partial charge in [0, 0.05) is 29.9 Å². The van der Waals surface area contributed by atoms with E-state index in [9.17, 15) is 4.79 Å². The van der Waals surface area contributed by atoms with Gasteiger partial charge in [-0.05, 0) is 44.0 Å². The number of ether oxygens (including phenoxy) is 2. The minimum absolute atomic E-state index is 0.0800. The molecule has 0 bridgehead atoms. The number of carbonyl (C=O) groups is 1. The second kappa shape index (κ2) is 7.05. The van der Waals surface area contributed by atoms with E-state index in [0.717, 1.165) is 29.2 Å². The maximum Gasteiger partial charge on any atom is 0.251 e. The van der Waals surface area contributed by atoms with Crippen molar-refractivity contribution in [1.82, 2.24) is 15.1 Å². The van der Waals surface area contributed by atoms with Crippen LogP contribution in [0, 0.1) is 19.8 Å². The number of hydrogen-bond acceptors (Lipinski definition) is 4. The minimum Gasteiger partial charge on any atom is -0.467 e. The number of fused-ring (bicyclic) bond motifs is 1. The highest BCUT2D eigenvalue weighted by molar-refractivity contribution is 5.94. The van der Waals surface area contributed by atoms with Gasteiger partial charge in [0.05, 0.1) is 12.3 Å². The third-order valence-corrected chi connectivity index (χ3v) is 4.08. The molecule has 2 heterocycles. The quantitative estimate of drug-likeness (QED) is 0.915. The highest BCUT2D eigenvalue weighted by atomic mass is 16.7. The van der Waals surface area contributed by atoms with Crippen LogP contribution in [-0.4, -0.2) is 29.0 Å². The standard InChI is InChI=1S/C18H23N3O3/c1-12(9-21-14(3)6-13(2)20-21)8-19-18(22)15-4-5-17-16(7-15)10-23-11-24-17/h4-7,12H,8-11H2,1-3H3,(H,19,22). The maximum atomic E-state index is 12.3. The molecule has 128 valence electrons. The molecule has 3 rings (SSSR count). The Balaban J connectivity index is 1.56. The van der Waals surface area contributed by atoms with Gasteiger partial charge in [-0.15, -0.1) is 0 Å². The molecule has 0 spiro atoms. The summed E-state index contributed by atoms with van der Waals surface area (Å²) in [5, 5.41) is 7.45. The van der Waals surface area contributed by atoms with E-state index >= 15 is 0 Å². The van der Waals surface area contributed by atoms with Gasteiger partial charge in [0.1, 0.15) is 5.75 Å². The molecular formula is C18H23N3O3. The van der Waals surface area contributed by atoms with E-state index < -0.39 is 0 Å². The Bertz CT molecular complexity index is 739. The number of carbonyl (C=O) groups excluding carboxylic acids is 1. The summed E-state index contributed by atoms with van der Waals surface area (Å²) >= 11 is 0. The molecule has 1 atom stereocenters. The molecule has 0 radical (unpaired) electrons. The average molecular weight is 329 g/mol. The van der Waals surface area contributed by atoms with Gasteiger partial charge in [-0.1, -0.05) is 6.92 Å². The first-order valence-electron chi connectivity index (χ1n) is 8.15. The molecule has 1 aliphatic heterocycles. The third kappa shape index (κ3) is 3.76. The van der Waals surface area contributed by atoms with Crippen molar-refractivity contribution in [2.75, 3.05) is 13.3 Å². The smallest absolute Gasteiger partial charge is 0.251 e. The third-order valence-electron chi connectivity index (χ3n) is 4.08. The summed E-state index contributed by atoms with van der Waals surface area (Å²) in [5.74, 6) is 0.996. The minimum atomic E-state index is -0.0800. The lowest BCUT2D eigenvalue weighted by atomic mass is 10.1. The summed E-state index contributed by atoms with van der Waals surface area (Å²) in [7, 11) is 0. The highest BCUT2D eigenvalue weighted by Gasteiger charge is 2.15. The normalized spacial score (nSPS) is 14.6. The first kappa shape index (κ1) is 16.5. The van der Waals surface area contributed by atoms with Gasteiger partial charge in [0.2, 0.25) is 0 Å². The zero-order valence-electron chi connectivity index (χ0n) is 14.3. The van der Waals surface area contributed by atoms with Gasteiger partial charge in [-0.25, -0.2) is 0 Å². The molecule has 24 heavy (non-hydrogen) atoms. The van der Waals surface area contributed by atoms with E-state index in [1.807, 2.05) is 30.7 Å². The second-order valence-corrected chi connectivity index (χ2v) is 6.36. The molecule has 0 aliphatic carbocycles. The molecule has 1 aromatic carbocycles. The van der Waals surface area contributed by atoms with Gasteiger partial charge < -0.3 is 14.8 Å². The van der Waals surface area contributed by atoms with Crippen LogP contribution < -0.4 is 10.1 Å². The fourth-order valence-corrected chi connectivity index (χ4v) is 2.82. The van der Waals surface area contributed by atoms with Crippen LogP contribution in [0.15, 0.2) is 24.3 Å². The number of nitrogens with zero attached hydrogens (tertiary/aromatic N) is 2. The second-order valence-electron chi connectivity index (χ2n) is 6.36. The number of nitrogens with one attached hydrogen (secondary N) is 1. The van der Waals surface area contributed by atoms with Crippen LogP contribution in [0.3, 0.4) is 0 Å². The van der Waals surface area contributed by atoms with Crippen molar-refractivity contribution in [3.63, 3.8) is 0 Å². The summed E-state index contributed by atoms with van der Waals surface area (Å²) < 4.78 is 12.6. The number of benzene rings is 1. The van der Waals surface area contributed by atoms with Crippen LogP contribution in [0.1, 0.15) is 34.2 Å². The van der Waals surface area contributed by atoms with Gasteiger partial charge in [-0.2, -0.15) is 5.10 Å². The lowest BCUT2D eigenvalue weighted by molar-refractivity contribution is -0.0163. The van der Waals surface area contributed by atoms with Gasteiger partial charge in [-0.3, -0.25) is 9.48 Å². The summed E-state index contributed by atoms with van der Waals surface area (Å²) in [6, 6.07) is 7.50. The molecule has 1 N–H and O–H groups in total. The van der Waals surface area contributed by atoms with Crippen molar-refractivity contribution in [2.45, 2.75) is 33.9 Å². The van der Waals surface area contributed by atoms with E-state index in [-0.39, 0.29) is 18.6 Å². The molecule has 1 aromatic heterocycles. The van der Waals surface area contributed by atoms with Crippen LogP contribution in [0.2, 0.25) is 0 Å². The van der Waals surface area contributed by atoms with Crippen LogP contribution in [0.4, 0.5) is 0 Å². The topological polar surface area (TPSA) is 65.4 Å². The molecule has 0 saturated carbocycles. The zero-order chi connectivity index (χ0) is 17.1. The molecule has 1 aliphatic rings. The van der Waals surface area contributed by atoms with Crippen molar-refractivity contribution in [3.05, 3.63) is 46.8 Å². The average Bonchev–Trinajstić information content (AvgIpc) is 2.89. The summed E-state index contributed by atoms with van der Waals surface area (Å²) in [6.07, 6.45) is 0. The van der Waals surface area contributed by atoms with Gasteiger partial charge >= 0.3 is 0 Å². The molecule has 6 heteroatoms. The SMILES string of the molecule is Cc1cc(C)n(CC(C)CNC(=O)c2ccc3c(c2)COCO3)n1. The Morgan fingerprint density at radius 1 is 1.38 bits per heavy atom. The lowest BCUT2D eigenvalue weighted by Crippen LogP contribution is -2.30. The first-order chi connectivity index (χ1) is 11.5. The molecule has 1 unspecified atom stereocenters. The van der Waals surface area contributed by atoms with Crippen molar-refractivity contribution in [2.24, 2.45) is 5.92 Å². The van der Waals surface area contributed by atoms with E-state index in [2.05, 4.69) is 23.4 Å². The van der Waals surface area contributed by atoms with Crippen LogP contribution >= 0.6 is 0 Å². The highest BCUT2D eigenvalue weighted by Crippen LogP contribution is 2.24. The molecule has 1 amide bonds. The monoisotopic (exact) mass is 329 g/mol. The van der Waals surface area contributed by atoms with Gasteiger partial charge in [0.15, 0.2) is 6.79 Å². The predicted molar refractivity (Wildman–Crippen MR) is 89.9 cm³/mol. The van der Waals surface area contributed by atoms with E-state index in [1.165, 1.54) is 0 Å². The fourth-order valence-electron chi connectivity index (χ4n) is 2.82. The van der Waals surface area contributed by atoms with E-state index in [1.54, 1.807) is 6.07 Å². The van der Waals surface area contributed by atoms with Crippen LogP contribution in [0.5, 0.6) is 5.75 Å². The number of hydrogen-bond donors (Lipinski definition) is 1. The molecule has 6 nitrogen and oxygen atoms in total. The largest absolute Gasteiger partial charge is 0.467 e. The number of aromatic nitrogens is 2. The van der Waals surface area contributed by atoms with Crippen molar-refractivity contribution in [1.29, 1.82) is 0 Å². The molecule has 2 aromatic rings. The molecule has 0 fully saturated rings. The fraction of sp³-hybridized carbons (Fsp3) is 0.444. The van der Waals surface area contributed by atoms with Crippen LogP contribution in [0.25, 0.3) is 0 Å². The summed E-state index contributed by atoms with van der Waals surface area (Å²) in [4.78, 5) is 12.3. The predicted octanol–water partition coefficient (Wildman–Crippen LogP) is 2.43. The molecular weight excluding hydrogens is 306 g/mol. The molecule has 0 saturated heterocycles. The van der Waals surface area contributed by atoms with E-state index in [4.69, 9.17) is 9.47 Å². The van der Waals surface area contributed by atoms with Crippen molar-refractivity contribution < 1.29 is 14.3 Å². The Kier molecular flexibility index (Phi) is 4.85. The maximum absolute atomic E-state index is 12.3. The van der Waals surface area contributed by atoms with Crippen molar-refractivity contribution in [3.8, 4) is 5.75 Å². The van der Waals surface area contributed by atoms with Gasteiger partial charge in [0.25, 0.3) is 5.91 Å². The van der Waals surface area contributed by atoms with E-state index in [0.29, 0.717) is 18.7 Å². The number of amides is 1. The number of rotatable bonds is 5. The Morgan fingerprint density at radius 3 is 2.96 bits per heavy atom. The number of aryl methyl sites for hydroxylation is 2. The Hall–Kier alpha value is -2.34. The van der Waals surface area contributed by atoms with Crippen molar-refractivity contribution >= 4 is 5.91 Å². The lowest BCUT2D eigenvalue weighted by Gasteiger charge is -2.18. The first-order valence-corrected chi connectivity index (χ1v) is 8.15. The van der Waals surface area contributed by atoms with Crippen LogP contribution in [-0.2, 0) is 17.9 Å². The Labute approximate surface area is 141 Å². The summed E-state index contributed by atoms with van der Waals surface area (Å²) in [6.45, 7) is 8.26. The Morgan fingerprint density at radius 2 is 2.21 bits per heavy atom. The summed E-state index contributed by atoms with van der Waals surface area (Å²) in [5.41, 5.74) is 3.69.